The number of nitrogens with zero attached hydrogens (tertiary/aromatic N) is 1. The van der Waals surface area contributed by atoms with Crippen molar-refractivity contribution < 1.29 is 4.79 Å². The first kappa shape index (κ1) is 13.0. The van der Waals surface area contributed by atoms with E-state index in [1.165, 1.54) is 0 Å². The van der Waals surface area contributed by atoms with Crippen LogP contribution in [0, 0.1) is 16.7 Å². The van der Waals surface area contributed by atoms with Crippen molar-refractivity contribution in [2.75, 3.05) is 5.75 Å². The van der Waals surface area contributed by atoms with Gasteiger partial charge in [0.05, 0.1) is 11.6 Å². The van der Waals surface area contributed by atoms with Gasteiger partial charge in [-0.25, -0.2) is 0 Å². The van der Waals surface area contributed by atoms with Crippen LogP contribution in [-0.2, 0) is 11.3 Å². The Kier molecular flexibility index (Phi) is 3.93. The molecule has 2 rings (SSSR count). The topological polar surface area (TPSA) is 52.9 Å². The first-order valence-corrected chi connectivity index (χ1v) is 6.67. The van der Waals surface area contributed by atoms with E-state index in [-0.39, 0.29) is 11.3 Å². The normalized spacial score (nSPS) is 15.8. The van der Waals surface area contributed by atoms with Crippen LogP contribution in [0.4, 0.5) is 0 Å². The molecule has 4 heteroatoms. The molecule has 1 aromatic rings. The van der Waals surface area contributed by atoms with Gasteiger partial charge < -0.3 is 5.32 Å². The SMILES string of the molecule is N#Cc1ccc(CNC(=O)CC2(CS)CC2)cc1. The highest BCUT2D eigenvalue weighted by Gasteiger charge is 2.42. The second-order valence-electron chi connectivity index (χ2n) is 4.92. The fourth-order valence-corrected chi connectivity index (χ4v) is 2.30. The van der Waals surface area contributed by atoms with Crippen LogP contribution >= 0.6 is 12.6 Å². The van der Waals surface area contributed by atoms with Gasteiger partial charge in [0, 0.05) is 13.0 Å². The number of carbonyl (C=O) groups excluding carboxylic acids is 1. The third-order valence-electron chi connectivity index (χ3n) is 3.40. The Balaban J connectivity index is 1.80. The van der Waals surface area contributed by atoms with E-state index in [0.29, 0.717) is 18.5 Å². The monoisotopic (exact) mass is 260 g/mol. The minimum Gasteiger partial charge on any atom is -0.352 e. The number of amides is 1. The molecule has 1 saturated carbocycles. The molecule has 1 aliphatic carbocycles. The van der Waals surface area contributed by atoms with Crippen molar-refractivity contribution in [3.8, 4) is 6.07 Å². The molecule has 1 N–H and O–H groups in total. The summed E-state index contributed by atoms with van der Waals surface area (Å²) < 4.78 is 0. The van der Waals surface area contributed by atoms with Crippen LogP contribution in [0.3, 0.4) is 0 Å². The summed E-state index contributed by atoms with van der Waals surface area (Å²) in [6, 6.07) is 9.32. The summed E-state index contributed by atoms with van der Waals surface area (Å²) in [5.74, 6) is 0.878. The van der Waals surface area contributed by atoms with Gasteiger partial charge in [-0.1, -0.05) is 12.1 Å². The van der Waals surface area contributed by atoms with Gasteiger partial charge in [-0.05, 0) is 41.7 Å². The Bertz CT molecular complexity index is 472. The maximum atomic E-state index is 11.8. The number of hydrogen-bond acceptors (Lipinski definition) is 3. The first-order chi connectivity index (χ1) is 8.67. The zero-order valence-electron chi connectivity index (χ0n) is 10.1. The molecule has 0 atom stereocenters. The zero-order valence-corrected chi connectivity index (χ0v) is 11.0. The van der Waals surface area contributed by atoms with Gasteiger partial charge in [0.15, 0.2) is 0 Å². The fourth-order valence-electron chi connectivity index (χ4n) is 1.87. The van der Waals surface area contributed by atoms with E-state index in [9.17, 15) is 4.79 Å². The number of rotatable bonds is 5. The van der Waals surface area contributed by atoms with Crippen molar-refractivity contribution in [2.45, 2.75) is 25.8 Å². The Hall–Kier alpha value is -1.47. The van der Waals surface area contributed by atoms with Crippen molar-refractivity contribution in [2.24, 2.45) is 5.41 Å². The van der Waals surface area contributed by atoms with E-state index in [0.717, 1.165) is 24.2 Å². The highest BCUT2D eigenvalue weighted by atomic mass is 32.1. The third-order valence-corrected chi connectivity index (χ3v) is 4.07. The maximum absolute atomic E-state index is 11.8. The molecule has 0 spiro atoms. The minimum absolute atomic E-state index is 0.0888. The van der Waals surface area contributed by atoms with Crippen LogP contribution in [0.15, 0.2) is 24.3 Å². The van der Waals surface area contributed by atoms with Gasteiger partial charge in [-0.3, -0.25) is 4.79 Å². The lowest BCUT2D eigenvalue weighted by Gasteiger charge is -2.11. The number of nitriles is 1. The molecule has 3 nitrogen and oxygen atoms in total. The number of thiol groups is 1. The molecule has 0 saturated heterocycles. The second kappa shape index (κ2) is 5.45. The van der Waals surface area contributed by atoms with Crippen LogP contribution in [-0.4, -0.2) is 11.7 Å². The van der Waals surface area contributed by atoms with Crippen LogP contribution in [0.25, 0.3) is 0 Å². The van der Waals surface area contributed by atoms with Gasteiger partial charge in [0.1, 0.15) is 0 Å². The first-order valence-electron chi connectivity index (χ1n) is 6.04. The number of nitrogens with one attached hydrogen (secondary N) is 1. The lowest BCUT2D eigenvalue weighted by atomic mass is 10.1. The van der Waals surface area contributed by atoms with Gasteiger partial charge in [-0.15, -0.1) is 0 Å². The summed E-state index contributed by atoms with van der Waals surface area (Å²) in [5.41, 5.74) is 1.81. The smallest absolute Gasteiger partial charge is 0.220 e. The molecule has 1 fully saturated rings. The molecule has 0 aliphatic heterocycles. The number of hydrogen-bond donors (Lipinski definition) is 2. The third kappa shape index (κ3) is 3.27. The van der Waals surface area contributed by atoms with Crippen molar-refractivity contribution in [1.82, 2.24) is 5.32 Å². The molecular formula is C14H16N2OS. The van der Waals surface area contributed by atoms with E-state index in [1.807, 2.05) is 12.1 Å². The highest BCUT2D eigenvalue weighted by Crippen LogP contribution is 2.49. The maximum Gasteiger partial charge on any atom is 0.220 e. The highest BCUT2D eigenvalue weighted by molar-refractivity contribution is 7.80. The van der Waals surface area contributed by atoms with Gasteiger partial charge in [0.25, 0.3) is 0 Å². The molecular weight excluding hydrogens is 244 g/mol. The van der Waals surface area contributed by atoms with Gasteiger partial charge in [-0.2, -0.15) is 17.9 Å². The molecule has 0 heterocycles. The fraction of sp³-hybridized carbons (Fsp3) is 0.429. The van der Waals surface area contributed by atoms with Gasteiger partial charge >= 0.3 is 0 Å². The lowest BCUT2D eigenvalue weighted by Crippen LogP contribution is -2.26. The molecule has 94 valence electrons. The summed E-state index contributed by atoms with van der Waals surface area (Å²) in [4.78, 5) is 11.8. The number of carbonyl (C=O) groups is 1. The molecule has 18 heavy (non-hydrogen) atoms. The van der Waals surface area contributed by atoms with E-state index >= 15 is 0 Å². The Morgan fingerprint density at radius 3 is 2.56 bits per heavy atom. The summed E-state index contributed by atoms with van der Waals surface area (Å²) >= 11 is 4.29. The summed E-state index contributed by atoms with van der Waals surface area (Å²) in [6.07, 6.45) is 2.80. The van der Waals surface area contributed by atoms with E-state index in [1.54, 1.807) is 12.1 Å². The van der Waals surface area contributed by atoms with Crippen LogP contribution in [0.1, 0.15) is 30.4 Å². The Labute approximate surface area is 113 Å². The van der Waals surface area contributed by atoms with E-state index in [2.05, 4.69) is 24.0 Å². The summed E-state index contributed by atoms with van der Waals surface area (Å²) in [6.45, 7) is 0.521. The van der Waals surface area contributed by atoms with E-state index in [4.69, 9.17) is 5.26 Å². The molecule has 1 amide bonds. The largest absolute Gasteiger partial charge is 0.352 e. The predicted molar refractivity (Wildman–Crippen MR) is 73.1 cm³/mol. The number of benzene rings is 1. The van der Waals surface area contributed by atoms with Crippen LogP contribution in [0.2, 0.25) is 0 Å². The van der Waals surface area contributed by atoms with Crippen molar-refractivity contribution in [1.29, 1.82) is 5.26 Å². The van der Waals surface area contributed by atoms with Crippen molar-refractivity contribution in [3.05, 3.63) is 35.4 Å². The molecule has 0 aromatic heterocycles. The van der Waals surface area contributed by atoms with Crippen LogP contribution in [0.5, 0.6) is 0 Å². The van der Waals surface area contributed by atoms with Crippen LogP contribution < -0.4 is 5.32 Å². The van der Waals surface area contributed by atoms with Crippen molar-refractivity contribution >= 4 is 18.5 Å². The molecule has 0 bridgehead atoms. The molecule has 0 unspecified atom stereocenters. The molecule has 0 radical (unpaired) electrons. The predicted octanol–water partition coefficient (Wildman–Crippen LogP) is 2.27. The lowest BCUT2D eigenvalue weighted by molar-refractivity contribution is -0.122. The molecule has 1 aromatic carbocycles. The minimum atomic E-state index is 0.0888. The summed E-state index contributed by atoms with van der Waals surface area (Å²) in [5, 5.41) is 11.6. The summed E-state index contributed by atoms with van der Waals surface area (Å²) in [7, 11) is 0. The second-order valence-corrected chi connectivity index (χ2v) is 5.24. The Morgan fingerprint density at radius 2 is 2.06 bits per heavy atom. The van der Waals surface area contributed by atoms with Gasteiger partial charge in [0.2, 0.25) is 5.91 Å². The van der Waals surface area contributed by atoms with E-state index < -0.39 is 0 Å². The standard InChI is InChI=1S/C14H16N2OS/c15-8-11-1-3-12(4-2-11)9-16-13(17)7-14(10-18)5-6-14/h1-4,18H,5-7,9-10H2,(H,16,17). The van der Waals surface area contributed by atoms with Crippen molar-refractivity contribution in [3.63, 3.8) is 0 Å². The average molecular weight is 260 g/mol. The average Bonchev–Trinajstić information content (AvgIpc) is 3.17. The zero-order chi connectivity index (χ0) is 13.0. The quantitative estimate of drug-likeness (QED) is 0.798. The Morgan fingerprint density at radius 1 is 1.39 bits per heavy atom. The molecule has 1 aliphatic rings.